The molecule has 14 atom stereocenters. The number of methoxy groups -OCH3 is 3. The third-order valence-corrected chi connectivity index (χ3v) is 14.0. The summed E-state index contributed by atoms with van der Waals surface area (Å²) in [7, 11) is 4.51. The normalized spacial score (nSPS) is 50.3. The predicted molar refractivity (Wildman–Crippen MR) is 167 cm³/mol. The highest BCUT2D eigenvalue weighted by Crippen LogP contribution is 2.80. The van der Waals surface area contributed by atoms with Crippen molar-refractivity contribution in [1.82, 2.24) is 4.90 Å². The fourth-order valence-electron chi connectivity index (χ4n) is 12.6. The first-order chi connectivity index (χ1) is 22.8. The number of hydrogen-bond acceptors (Lipinski definition) is 12. The van der Waals surface area contributed by atoms with Crippen LogP contribution in [0.2, 0.25) is 0 Å². The maximum Gasteiger partial charge on any atom is 0.340 e. The van der Waals surface area contributed by atoms with E-state index in [2.05, 4.69) is 0 Å². The maximum absolute atomic E-state index is 14.5. The Bertz CT molecular complexity index is 1570. The van der Waals surface area contributed by atoms with Crippen LogP contribution in [0.3, 0.4) is 0 Å². The minimum absolute atomic E-state index is 0.0282. The second-order valence-electron chi connectivity index (χ2n) is 15.4. The highest BCUT2D eigenvalue weighted by Gasteiger charge is 2.96. The smallest absolute Gasteiger partial charge is 0.340 e. The first kappa shape index (κ1) is 32.7. The monoisotopic (exact) mass is 670 g/mol. The van der Waals surface area contributed by atoms with Crippen molar-refractivity contribution in [3.8, 4) is 0 Å². The molecule has 2 aliphatic heterocycles. The summed E-state index contributed by atoms with van der Waals surface area (Å²) in [5.41, 5.74) is -8.38. The Morgan fingerprint density at radius 1 is 1.00 bits per heavy atom. The van der Waals surface area contributed by atoms with Crippen molar-refractivity contribution in [2.24, 2.45) is 29.1 Å². The summed E-state index contributed by atoms with van der Waals surface area (Å²) in [4.78, 5) is 43.5. The van der Waals surface area contributed by atoms with Crippen LogP contribution in [0.15, 0.2) is 24.3 Å². The lowest BCUT2D eigenvalue weighted by Gasteiger charge is -2.71. The number of nitrogens with zero attached hydrogens (tertiary/aromatic N) is 2. The van der Waals surface area contributed by atoms with E-state index in [1.165, 1.54) is 20.3 Å². The summed E-state index contributed by atoms with van der Waals surface area (Å²) < 4.78 is 25.0. The number of fused-ring (bicyclic) bond motifs is 2. The number of benzene rings is 1. The van der Waals surface area contributed by atoms with E-state index in [1.807, 2.05) is 11.8 Å². The van der Waals surface area contributed by atoms with Gasteiger partial charge in [0, 0.05) is 64.4 Å². The van der Waals surface area contributed by atoms with E-state index in [-0.39, 0.29) is 43.5 Å². The molecule has 0 aromatic heterocycles. The van der Waals surface area contributed by atoms with E-state index in [0.29, 0.717) is 13.0 Å². The molecule has 13 heteroatoms. The lowest BCUT2D eigenvalue weighted by Crippen LogP contribution is -2.87. The first-order valence-electron chi connectivity index (χ1n) is 17.1. The second-order valence-corrected chi connectivity index (χ2v) is 15.4. The standard InChI is InChI=1S/C35H46N2O11/c1-6-36-16-31(48-29(41)18-9-7-8-10-20(18)37-23(38)13-17(2)28(37)40)12-11-22(46-4)34-26(31)27(47-5)35(44,30(34)36)33(43)15-21(45-3)19-14-32(34,42)25(33)24(19)39/h7-10,17,19,21-22,24-27,30,39,42-44H,6,11-16H2,1-5H3. The molecule has 7 fully saturated rings. The number of para-hydroxylation sites is 1. The van der Waals surface area contributed by atoms with Gasteiger partial charge in [0.1, 0.15) is 16.8 Å². The van der Waals surface area contributed by atoms with Crippen molar-refractivity contribution in [1.29, 1.82) is 0 Å². The highest BCUT2D eigenvalue weighted by atomic mass is 16.6. The largest absolute Gasteiger partial charge is 0.454 e. The molecule has 1 aromatic carbocycles. The second kappa shape index (κ2) is 10.3. The third kappa shape index (κ3) is 3.38. The Morgan fingerprint density at radius 2 is 1.73 bits per heavy atom. The molecule has 0 radical (unpaired) electrons. The summed E-state index contributed by atoms with van der Waals surface area (Å²) in [6, 6.07) is 5.48. The van der Waals surface area contributed by atoms with Gasteiger partial charge in [-0.25, -0.2) is 9.69 Å². The molecule has 1 spiro atoms. The molecule has 262 valence electrons. The average molecular weight is 671 g/mol. The number of ether oxygens (including phenoxy) is 4. The fraction of sp³-hybridized carbons (Fsp3) is 0.743. The van der Waals surface area contributed by atoms with Gasteiger partial charge in [0.15, 0.2) is 0 Å². The van der Waals surface area contributed by atoms with Gasteiger partial charge in [-0.05, 0) is 37.9 Å². The summed E-state index contributed by atoms with van der Waals surface area (Å²) in [6.07, 6.45) is -2.89. The number of esters is 1. The number of likely N-dealkylation sites (tertiary alicyclic amines) is 1. The van der Waals surface area contributed by atoms with E-state index < -0.39 is 99.7 Å². The van der Waals surface area contributed by atoms with Crippen molar-refractivity contribution in [3.63, 3.8) is 0 Å². The summed E-state index contributed by atoms with van der Waals surface area (Å²) in [5.74, 6) is -4.61. The van der Waals surface area contributed by atoms with Crippen LogP contribution in [-0.2, 0) is 28.5 Å². The minimum atomic E-state index is -2.04. The first-order valence-corrected chi connectivity index (χ1v) is 17.1. The van der Waals surface area contributed by atoms with E-state index in [0.717, 1.165) is 4.90 Å². The number of amides is 2. The molecule has 5 saturated carbocycles. The molecule has 14 unspecified atom stereocenters. The number of aliphatic hydroxyl groups is 4. The Labute approximate surface area is 279 Å². The molecule has 48 heavy (non-hydrogen) atoms. The SMILES string of the molecule is CCN1CC2(OC(=O)c3ccccc3N3C(=O)CC(C)C3=O)CCC(OC)C34C2C(OC)C(O)(C13)C1(O)CC(OC)C2CC4(O)C1C2O. The van der Waals surface area contributed by atoms with Gasteiger partial charge < -0.3 is 39.4 Å². The molecule has 7 bridgehead atoms. The van der Waals surface area contributed by atoms with Crippen molar-refractivity contribution in [2.75, 3.05) is 39.3 Å². The van der Waals surface area contributed by atoms with Gasteiger partial charge in [0.2, 0.25) is 11.8 Å². The van der Waals surface area contributed by atoms with E-state index >= 15 is 0 Å². The van der Waals surface area contributed by atoms with Crippen LogP contribution in [-0.4, -0.2) is 130 Å². The zero-order valence-corrected chi connectivity index (χ0v) is 28.0. The Morgan fingerprint density at radius 3 is 2.35 bits per heavy atom. The van der Waals surface area contributed by atoms with Gasteiger partial charge >= 0.3 is 5.97 Å². The fourth-order valence-corrected chi connectivity index (χ4v) is 12.6. The van der Waals surface area contributed by atoms with Gasteiger partial charge in [0.05, 0.1) is 52.7 Å². The van der Waals surface area contributed by atoms with Crippen LogP contribution in [0.25, 0.3) is 0 Å². The topological polar surface area (TPSA) is 176 Å². The quantitative estimate of drug-likeness (QED) is 0.230. The maximum atomic E-state index is 14.5. The van der Waals surface area contributed by atoms with Crippen molar-refractivity contribution < 1.29 is 53.8 Å². The van der Waals surface area contributed by atoms with E-state index in [4.69, 9.17) is 18.9 Å². The number of carbonyl (C=O) groups is 3. The number of imide groups is 1. The van der Waals surface area contributed by atoms with Gasteiger partial charge in [0.25, 0.3) is 0 Å². The Balaban J connectivity index is 1.32. The number of rotatable bonds is 7. The zero-order valence-electron chi connectivity index (χ0n) is 28.0. The number of aliphatic hydroxyl groups excluding tert-OH is 1. The number of carbonyl (C=O) groups excluding carboxylic acids is 3. The van der Waals surface area contributed by atoms with E-state index in [1.54, 1.807) is 32.2 Å². The van der Waals surface area contributed by atoms with Gasteiger partial charge in [-0.15, -0.1) is 0 Å². The zero-order chi connectivity index (χ0) is 34.3. The summed E-state index contributed by atoms with van der Waals surface area (Å²) in [5, 5.41) is 51.4. The number of piperidine rings is 1. The Kier molecular flexibility index (Phi) is 7.01. The molecule has 2 heterocycles. The summed E-state index contributed by atoms with van der Waals surface area (Å²) in [6.45, 7) is 4.12. The molecule has 2 amide bonds. The molecule has 8 rings (SSSR count). The van der Waals surface area contributed by atoms with Crippen molar-refractivity contribution in [3.05, 3.63) is 29.8 Å². The lowest BCUT2D eigenvalue weighted by molar-refractivity contribution is -0.359. The van der Waals surface area contributed by atoms with Crippen LogP contribution >= 0.6 is 0 Å². The highest BCUT2D eigenvalue weighted by molar-refractivity contribution is 6.22. The molecular weight excluding hydrogens is 624 g/mol. The number of anilines is 1. The van der Waals surface area contributed by atoms with Crippen LogP contribution in [0.1, 0.15) is 56.3 Å². The molecule has 4 N–H and O–H groups in total. The molecule has 7 aliphatic rings. The van der Waals surface area contributed by atoms with Gasteiger partial charge in [-0.1, -0.05) is 26.0 Å². The van der Waals surface area contributed by atoms with Crippen LogP contribution in [0.5, 0.6) is 0 Å². The molecule has 1 aromatic rings. The third-order valence-electron chi connectivity index (χ3n) is 14.0. The summed E-state index contributed by atoms with van der Waals surface area (Å²) >= 11 is 0. The van der Waals surface area contributed by atoms with Crippen LogP contribution in [0, 0.1) is 29.1 Å². The van der Waals surface area contributed by atoms with Gasteiger partial charge in [-0.3, -0.25) is 14.5 Å². The van der Waals surface area contributed by atoms with Crippen molar-refractivity contribution in [2.45, 2.75) is 98.8 Å². The molecule has 2 saturated heterocycles. The number of hydrogen-bond donors (Lipinski definition) is 4. The van der Waals surface area contributed by atoms with Gasteiger partial charge in [-0.2, -0.15) is 0 Å². The molecule has 5 aliphatic carbocycles. The Hall–Kier alpha value is -2.49. The van der Waals surface area contributed by atoms with Crippen LogP contribution in [0.4, 0.5) is 5.69 Å². The average Bonchev–Trinajstić information content (AvgIpc) is 3.52. The van der Waals surface area contributed by atoms with Crippen molar-refractivity contribution >= 4 is 23.5 Å². The lowest BCUT2D eigenvalue weighted by atomic mass is 9.42. The van der Waals surface area contributed by atoms with E-state index in [9.17, 15) is 34.8 Å². The van der Waals surface area contributed by atoms with Crippen LogP contribution < -0.4 is 4.90 Å². The number of likely N-dealkylation sites (N-methyl/N-ethyl adjacent to an activating group) is 1. The predicted octanol–water partition coefficient (Wildman–Crippen LogP) is 0.248. The molecular formula is C35H46N2O11. The minimum Gasteiger partial charge on any atom is -0.454 e. The molecule has 13 nitrogen and oxygen atoms in total.